The molecule has 0 aliphatic carbocycles. The molecular weight excluding hydrogens is 428 g/mol. The Kier molecular flexibility index (Phi) is 7.90. The van der Waals surface area contributed by atoms with E-state index in [1.807, 2.05) is 12.1 Å². The number of hydrogen-bond acceptors (Lipinski definition) is 6. The quantitative estimate of drug-likeness (QED) is 0.392. The summed E-state index contributed by atoms with van der Waals surface area (Å²) in [6.07, 6.45) is 2.06. The van der Waals surface area contributed by atoms with Crippen molar-refractivity contribution >= 4 is 27.5 Å². The Hall–Kier alpha value is -2.87. The monoisotopic (exact) mass is 458 g/mol. The fraction of sp³-hybridized carbons (Fsp3) is 0.417. The number of carbonyl (C=O) groups is 1. The van der Waals surface area contributed by atoms with E-state index in [1.54, 1.807) is 25.1 Å². The lowest BCUT2D eigenvalue weighted by molar-refractivity contribution is -0.141. The Bertz CT molecular complexity index is 1100. The first-order valence-corrected chi connectivity index (χ1v) is 12.4. The molecule has 1 aliphatic heterocycles. The number of benzene rings is 2. The highest BCUT2D eigenvalue weighted by molar-refractivity contribution is 7.90. The van der Waals surface area contributed by atoms with Crippen molar-refractivity contribution in [2.24, 2.45) is 4.99 Å². The second kappa shape index (κ2) is 10.6. The Balaban J connectivity index is 1.74. The van der Waals surface area contributed by atoms with Crippen LogP contribution < -0.4 is 4.74 Å². The van der Waals surface area contributed by atoms with E-state index < -0.39 is 16.0 Å². The van der Waals surface area contributed by atoms with Gasteiger partial charge >= 0.3 is 5.97 Å². The predicted molar refractivity (Wildman–Crippen MR) is 124 cm³/mol. The van der Waals surface area contributed by atoms with E-state index in [2.05, 4.69) is 24.9 Å². The zero-order chi connectivity index (χ0) is 23.1. The van der Waals surface area contributed by atoms with Crippen molar-refractivity contribution in [1.82, 2.24) is 4.31 Å². The van der Waals surface area contributed by atoms with Crippen LogP contribution in [0.5, 0.6) is 5.75 Å². The third-order valence-electron chi connectivity index (χ3n) is 5.26. The standard InChI is InChI=1S/C24H30N2O5S/c1-4-18-12-13-21(19(5-2)16-18)31-15-9-14-26-23(17-24(27)30-6-3)25-20-10-7-8-11-22(20)32(26,28)29/h7-8,10-13,16H,4-6,9,14-15,17H2,1-3H3. The number of ether oxygens (including phenoxy) is 2. The summed E-state index contributed by atoms with van der Waals surface area (Å²) in [5.74, 6) is 0.478. The molecule has 0 spiro atoms. The van der Waals surface area contributed by atoms with E-state index in [0.717, 1.165) is 24.2 Å². The number of fused-ring (bicyclic) bond motifs is 1. The minimum atomic E-state index is -3.82. The van der Waals surface area contributed by atoms with Gasteiger partial charge in [-0.1, -0.05) is 38.1 Å². The van der Waals surface area contributed by atoms with Gasteiger partial charge < -0.3 is 9.47 Å². The first-order chi connectivity index (χ1) is 15.4. The van der Waals surface area contributed by atoms with Crippen molar-refractivity contribution in [1.29, 1.82) is 0 Å². The van der Waals surface area contributed by atoms with Gasteiger partial charge in [-0.25, -0.2) is 13.4 Å². The number of sulfonamides is 1. The van der Waals surface area contributed by atoms with Gasteiger partial charge in [0.1, 0.15) is 22.9 Å². The van der Waals surface area contributed by atoms with Crippen LogP contribution >= 0.6 is 0 Å². The highest BCUT2D eigenvalue weighted by atomic mass is 32.2. The van der Waals surface area contributed by atoms with Gasteiger partial charge in [0, 0.05) is 13.0 Å². The summed E-state index contributed by atoms with van der Waals surface area (Å²) < 4.78 is 38.7. The molecule has 3 rings (SSSR count). The number of aliphatic imine (C=N–C) groups is 1. The third-order valence-corrected chi connectivity index (χ3v) is 7.13. The summed E-state index contributed by atoms with van der Waals surface area (Å²) in [6, 6.07) is 12.7. The van der Waals surface area contributed by atoms with Gasteiger partial charge in [0.2, 0.25) is 0 Å². The Morgan fingerprint density at radius 3 is 2.56 bits per heavy atom. The molecule has 0 saturated carbocycles. The number of amidine groups is 1. The van der Waals surface area contributed by atoms with Crippen LogP contribution in [-0.2, 0) is 32.4 Å². The number of aryl methyl sites for hydroxylation is 2. The summed E-state index contributed by atoms with van der Waals surface area (Å²) in [6.45, 7) is 6.63. The fourth-order valence-corrected chi connectivity index (χ4v) is 5.22. The lowest BCUT2D eigenvalue weighted by Gasteiger charge is -2.29. The average molecular weight is 459 g/mol. The molecule has 32 heavy (non-hydrogen) atoms. The highest BCUT2D eigenvalue weighted by Crippen LogP contribution is 2.33. The Labute approximate surface area is 190 Å². The zero-order valence-corrected chi connectivity index (χ0v) is 19.7. The molecular formula is C24H30N2O5S. The average Bonchev–Trinajstić information content (AvgIpc) is 2.78. The lowest BCUT2D eigenvalue weighted by Crippen LogP contribution is -2.41. The van der Waals surface area contributed by atoms with Crippen LogP contribution in [0.4, 0.5) is 5.69 Å². The number of hydrogen-bond donors (Lipinski definition) is 0. The smallest absolute Gasteiger partial charge is 0.313 e. The number of para-hydroxylation sites is 1. The van der Waals surface area contributed by atoms with E-state index in [4.69, 9.17) is 9.47 Å². The molecule has 7 nitrogen and oxygen atoms in total. The maximum absolute atomic E-state index is 13.2. The van der Waals surface area contributed by atoms with Gasteiger partial charge in [0.15, 0.2) is 0 Å². The van der Waals surface area contributed by atoms with E-state index in [1.165, 1.54) is 15.9 Å². The predicted octanol–water partition coefficient (Wildman–Crippen LogP) is 4.27. The molecule has 2 aromatic carbocycles. The Morgan fingerprint density at radius 1 is 1.06 bits per heavy atom. The Morgan fingerprint density at radius 2 is 1.84 bits per heavy atom. The van der Waals surface area contributed by atoms with Crippen molar-refractivity contribution in [3.63, 3.8) is 0 Å². The van der Waals surface area contributed by atoms with E-state index in [0.29, 0.717) is 18.7 Å². The highest BCUT2D eigenvalue weighted by Gasteiger charge is 2.34. The van der Waals surface area contributed by atoms with E-state index >= 15 is 0 Å². The maximum Gasteiger partial charge on any atom is 0.313 e. The number of esters is 1. The molecule has 0 bridgehead atoms. The number of rotatable bonds is 10. The summed E-state index contributed by atoms with van der Waals surface area (Å²) >= 11 is 0. The lowest BCUT2D eigenvalue weighted by atomic mass is 10.1. The van der Waals surface area contributed by atoms with Gasteiger partial charge in [0.05, 0.1) is 18.9 Å². The first kappa shape index (κ1) is 23.8. The van der Waals surface area contributed by atoms with Gasteiger partial charge in [-0.05, 0) is 49.1 Å². The van der Waals surface area contributed by atoms with Crippen molar-refractivity contribution in [2.45, 2.75) is 51.3 Å². The summed E-state index contributed by atoms with van der Waals surface area (Å²) in [7, 11) is -3.82. The largest absolute Gasteiger partial charge is 0.493 e. The molecule has 0 atom stereocenters. The minimum absolute atomic E-state index is 0.136. The van der Waals surface area contributed by atoms with Gasteiger partial charge in [-0.3, -0.25) is 9.10 Å². The number of nitrogens with zero attached hydrogens (tertiary/aromatic N) is 2. The van der Waals surface area contributed by atoms with Crippen molar-refractivity contribution < 1.29 is 22.7 Å². The second-order valence-electron chi connectivity index (χ2n) is 7.41. The third kappa shape index (κ3) is 5.30. The van der Waals surface area contributed by atoms with Crippen molar-refractivity contribution in [2.75, 3.05) is 19.8 Å². The zero-order valence-electron chi connectivity index (χ0n) is 18.8. The molecule has 0 aromatic heterocycles. The van der Waals surface area contributed by atoms with Crippen molar-refractivity contribution in [3.05, 3.63) is 53.6 Å². The molecule has 0 amide bonds. The van der Waals surface area contributed by atoms with Gasteiger partial charge in [-0.15, -0.1) is 0 Å². The maximum atomic E-state index is 13.2. The molecule has 0 radical (unpaired) electrons. The van der Waals surface area contributed by atoms with E-state index in [9.17, 15) is 13.2 Å². The second-order valence-corrected chi connectivity index (χ2v) is 9.24. The van der Waals surface area contributed by atoms with Crippen LogP contribution in [-0.4, -0.2) is 44.3 Å². The van der Waals surface area contributed by atoms with Crippen LogP contribution in [0, 0.1) is 0 Å². The minimum Gasteiger partial charge on any atom is -0.493 e. The molecule has 0 N–H and O–H groups in total. The molecule has 0 saturated heterocycles. The summed E-state index contributed by atoms with van der Waals surface area (Å²) in [5.41, 5.74) is 2.73. The topological polar surface area (TPSA) is 85.3 Å². The SMILES string of the molecule is CCOC(=O)CC1=Nc2ccccc2S(=O)(=O)N1CCCOc1ccc(CC)cc1CC. The van der Waals surface area contributed by atoms with Crippen LogP contribution in [0.3, 0.4) is 0 Å². The summed E-state index contributed by atoms with van der Waals surface area (Å²) in [4.78, 5) is 16.7. The van der Waals surface area contributed by atoms with Gasteiger partial charge in [-0.2, -0.15) is 0 Å². The van der Waals surface area contributed by atoms with Crippen molar-refractivity contribution in [3.8, 4) is 5.75 Å². The van der Waals surface area contributed by atoms with Crippen LogP contribution in [0.15, 0.2) is 52.4 Å². The molecule has 1 aliphatic rings. The molecule has 172 valence electrons. The molecule has 8 heteroatoms. The fourth-order valence-electron chi connectivity index (χ4n) is 3.60. The van der Waals surface area contributed by atoms with Crippen LogP contribution in [0.25, 0.3) is 0 Å². The van der Waals surface area contributed by atoms with Crippen LogP contribution in [0.1, 0.15) is 44.7 Å². The van der Waals surface area contributed by atoms with Gasteiger partial charge in [0.25, 0.3) is 10.0 Å². The molecule has 2 aromatic rings. The molecule has 0 fully saturated rings. The molecule has 0 unspecified atom stereocenters. The number of carbonyl (C=O) groups excluding carboxylic acids is 1. The van der Waals surface area contributed by atoms with Crippen LogP contribution in [0.2, 0.25) is 0 Å². The normalized spacial score (nSPS) is 14.5. The van der Waals surface area contributed by atoms with E-state index in [-0.39, 0.29) is 30.3 Å². The summed E-state index contributed by atoms with van der Waals surface area (Å²) in [5, 5.41) is 0. The molecule has 1 heterocycles. The first-order valence-electron chi connectivity index (χ1n) is 11.0.